The zero-order valence-corrected chi connectivity index (χ0v) is 8.38. The molecule has 0 aromatic carbocycles. The molecule has 1 aromatic rings. The van der Waals surface area contributed by atoms with E-state index in [-0.39, 0.29) is 0 Å². The molecule has 13 heavy (non-hydrogen) atoms. The van der Waals surface area contributed by atoms with Crippen LogP contribution in [0.1, 0.15) is 16.6 Å². The normalized spacial score (nSPS) is 33.0. The maximum absolute atomic E-state index is 5.57. The van der Waals surface area contributed by atoms with Crippen LogP contribution >= 0.6 is 11.3 Å². The van der Waals surface area contributed by atoms with E-state index in [2.05, 4.69) is 16.9 Å². The fourth-order valence-electron chi connectivity index (χ4n) is 2.19. The van der Waals surface area contributed by atoms with Gasteiger partial charge < -0.3 is 4.74 Å². The second-order valence-corrected chi connectivity index (χ2v) is 4.63. The highest BCUT2D eigenvalue weighted by atomic mass is 32.1. The summed E-state index contributed by atoms with van der Waals surface area (Å²) in [6.45, 7) is 1.70. The minimum atomic E-state index is 0.468. The molecule has 2 bridgehead atoms. The third-order valence-electron chi connectivity index (χ3n) is 3.06. The van der Waals surface area contributed by atoms with Gasteiger partial charge in [0.2, 0.25) is 0 Å². The number of fused-ring (bicyclic) bond motifs is 4. The van der Waals surface area contributed by atoms with E-state index in [0.29, 0.717) is 12.1 Å². The lowest BCUT2D eigenvalue weighted by atomic mass is 9.98. The average molecular weight is 196 g/mol. The van der Waals surface area contributed by atoms with Gasteiger partial charge in [0.15, 0.2) is 0 Å². The molecule has 3 nitrogen and oxygen atoms in total. The first kappa shape index (κ1) is 7.91. The molecule has 70 valence electrons. The topological polar surface area (TPSA) is 25.4 Å². The van der Waals surface area contributed by atoms with Gasteiger partial charge in [-0.05, 0) is 7.05 Å². The average Bonchev–Trinajstić information content (AvgIpc) is 2.52. The first-order valence-corrected chi connectivity index (χ1v) is 5.46. The van der Waals surface area contributed by atoms with Crippen molar-refractivity contribution in [1.82, 2.24) is 9.88 Å². The van der Waals surface area contributed by atoms with Crippen molar-refractivity contribution in [3.8, 4) is 0 Å². The van der Waals surface area contributed by atoms with Crippen molar-refractivity contribution < 1.29 is 4.74 Å². The molecular weight excluding hydrogens is 184 g/mol. The molecule has 4 heteroatoms. The quantitative estimate of drug-likeness (QED) is 0.620. The summed E-state index contributed by atoms with van der Waals surface area (Å²) < 4.78 is 5.57. The molecule has 1 fully saturated rings. The molecule has 1 aromatic heterocycles. The summed E-state index contributed by atoms with van der Waals surface area (Å²) in [6, 6.07) is 1.02. The van der Waals surface area contributed by atoms with E-state index in [0.717, 1.165) is 19.6 Å². The molecule has 0 amide bonds. The standard InChI is InChI=1S/C9H12N2OS/c1-11-6-2-7-9(13-5-10-7)8(11)4-12-3-6/h5-6,8H,2-4H2,1H3. The van der Waals surface area contributed by atoms with Crippen molar-refractivity contribution in [3.63, 3.8) is 0 Å². The van der Waals surface area contributed by atoms with Gasteiger partial charge >= 0.3 is 0 Å². The van der Waals surface area contributed by atoms with E-state index in [4.69, 9.17) is 4.74 Å². The summed E-state index contributed by atoms with van der Waals surface area (Å²) in [7, 11) is 2.19. The van der Waals surface area contributed by atoms with Gasteiger partial charge in [0.25, 0.3) is 0 Å². The van der Waals surface area contributed by atoms with Gasteiger partial charge in [0, 0.05) is 17.3 Å². The first-order chi connectivity index (χ1) is 6.36. The Kier molecular flexibility index (Phi) is 1.68. The number of nitrogens with zero attached hydrogens (tertiary/aromatic N) is 2. The molecule has 0 aliphatic carbocycles. The zero-order valence-electron chi connectivity index (χ0n) is 7.56. The van der Waals surface area contributed by atoms with E-state index in [9.17, 15) is 0 Å². The third kappa shape index (κ3) is 1.06. The number of hydrogen-bond acceptors (Lipinski definition) is 4. The van der Waals surface area contributed by atoms with Gasteiger partial charge in [-0.1, -0.05) is 0 Å². The van der Waals surface area contributed by atoms with Crippen molar-refractivity contribution in [1.29, 1.82) is 0 Å². The van der Waals surface area contributed by atoms with E-state index >= 15 is 0 Å². The molecule has 2 atom stereocenters. The van der Waals surface area contributed by atoms with Gasteiger partial charge in [0.05, 0.1) is 30.5 Å². The minimum Gasteiger partial charge on any atom is -0.378 e. The number of morpholine rings is 1. The maximum Gasteiger partial charge on any atom is 0.0798 e. The molecule has 3 heterocycles. The number of likely N-dealkylation sites (N-methyl/N-ethyl adjacent to an activating group) is 1. The molecule has 2 aliphatic heterocycles. The Bertz CT molecular complexity index is 325. The highest BCUT2D eigenvalue weighted by Gasteiger charge is 2.37. The SMILES string of the molecule is CN1C2COCC1c1scnc1C2. The fourth-order valence-corrected chi connectivity index (χ4v) is 3.15. The van der Waals surface area contributed by atoms with Crippen LogP contribution in [-0.2, 0) is 11.2 Å². The predicted molar refractivity (Wildman–Crippen MR) is 50.9 cm³/mol. The monoisotopic (exact) mass is 196 g/mol. The van der Waals surface area contributed by atoms with Gasteiger partial charge in [-0.15, -0.1) is 11.3 Å². The summed E-state index contributed by atoms with van der Waals surface area (Å²) in [6.07, 6.45) is 1.06. The van der Waals surface area contributed by atoms with Crippen LogP contribution in [0.15, 0.2) is 5.51 Å². The molecule has 1 saturated heterocycles. The van der Waals surface area contributed by atoms with E-state index in [1.807, 2.05) is 5.51 Å². The molecular formula is C9H12N2OS. The molecule has 0 saturated carbocycles. The molecule has 0 spiro atoms. The molecule has 0 radical (unpaired) electrons. The lowest BCUT2D eigenvalue weighted by Gasteiger charge is -2.42. The van der Waals surface area contributed by atoms with E-state index in [1.54, 1.807) is 11.3 Å². The van der Waals surface area contributed by atoms with Gasteiger partial charge in [-0.2, -0.15) is 0 Å². The van der Waals surface area contributed by atoms with Crippen molar-refractivity contribution in [3.05, 3.63) is 16.1 Å². The summed E-state index contributed by atoms with van der Waals surface area (Å²) in [5.74, 6) is 0. The zero-order chi connectivity index (χ0) is 8.84. The largest absolute Gasteiger partial charge is 0.378 e. The van der Waals surface area contributed by atoms with Crippen LogP contribution < -0.4 is 0 Å². The Morgan fingerprint density at radius 1 is 1.62 bits per heavy atom. The van der Waals surface area contributed by atoms with Crippen LogP contribution in [0.5, 0.6) is 0 Å². The maximum atomic E-state index is 5.57. The Morgan fingerprint density at radius 3 is 3.46 bits per heavy atom. The second kappa shape index (κ2) is 2.77. The Labute approximate surface area is 81.3 Å². The second-order valence-electron chi connectivity index (χ2n) is 3.74. The molecule has 2 aliphatic rings. The predicted octanol–water partition coefficient (Wildman–Crippen LogP) is 1.07. The Hall–Kier alpha value is -0.450. The number of rotatable bonds is 0. The molecule has 0 N–H and O–H groups in total. The van der Waals surface area contributed by atoms with Gasteiger partial charge in [0.1, 0.15) is 0 Å². The number of hydrogen-bond donors (Lipinski definition) is 0. The molecule has 3 rings (SSSR count). The van der Waals surface area contributed by atoms with E-state index in [1.165, 1.54) is 10.6 Å². The van der Waals surface area contributed by atoms with Crippen LogP contribution in [0.4, 0.5) is 0 Å². The summed E-state index contributed by atoms with van der Waals surface area (Å²) >= 11 is 1.76. The number of aromatic nitrogens is 1. The van der Waals surface area contributed by atoms with Crippen molar-refractivity contribution in [2.45, 2.75) is 18.5 Å². The first-order valence-electron chi connectivity index (χ1n) is 4.58. The lowest BCUT2D eigenvalue weighted by molar-refractivity contribution is -0.0435. The fraction of sp³-hybridized carbons (Fsp3) is 0.667. The summed E-state index contributed by atoms with van der Waals surface area (Å²) in [4.78, 5) is 8.26. The van der Waals surface area contributed by atoms with E-state index < -0.39 is 0 Å². The third-order valence-corrected chi connectivity index (χ3v) is 4.03. The van der Waals surface area contributed by atoms with Crippen LogP contribution in [0, 0.1) is 0 Å². The highest BCUT2D eigenvalue weighted by molar-refractivity contribution is 7.09. The highest BCUT2D eigenvalue weighted by Crippen LogP contribution is 2.36. The van der Waals surface area contributed by atoms with Crippen molar-refractivity contribution in [2.75, 3.05) is 20.3 Å². The van der Waals surface area contributed by atoms with Crippen LogP contribution in [0.2, 0.25) is 0 Å². The smallest absolute Gasteiger partial charge is 0.0798 e. The Balaban J connectivity index is 2.07. The molecule has 2 unspecified atom stereocenters. The van der Waals surface area contributed by atoms with Crippen molar-refractivity contribution >= 4 is 11.3 Å². The summed E-state index contributed by atoms with van der Waals surface area (Å²) in [5, 5.41) is 0. The van der Waals surface area contributed by atoms with Crippen LogP contribution in [0.25, 0.3) is 0 Å². The van der Waals surface area contributed by atoms with Crippen molar-refractivity contribution in [2.24, 2.45) is 0 Å². The van der Waals surface area contributed by atoms with Crippen LogP contribution in [0.3, 0.4) is 0 Å². The Morgan fingerprint density at radius 2 is 2.54 bits per heavy atom. The van der Waals surface area contributed by atoms with Gasteiger partial charge in [-0.3, -0.25) is 4.90 Å². The summed E-state index contributed by atoms with van der Waals surface area (Å²) in [5.41, 5.74) is 3.26. The number of thiazole rings is 1. The van der Waals surface area contributed by atoms with Gasteiger partial charge in [-0.25, -0.2) is 4.98 Å². The minimum absolute atomic E-state index is 0.468. The lowest BCUT2D eigenvalue weighted by Crippen LogP contribution is -2.49. The number of ether oxygens (including phenoxy) is 1. The van der Waals surface area contributed by atoms with Crippen LogP contribution in [-0.4, -0.2) is 36.2 Å².